The Labute approximate surface area is 216 Å². The van der Waals surface area contributed by atoms with Crippen LogP contribution in [0.5, 0.6) is 0 Å². The molecule has 2 aliphatic heterocycles. The first-order valence-electron chi connectivity index (χ1n) is 12.3. The third-order valence-corrected chi connectivity index (χ3v) is 8.78. The fourth-order valence-corrected chi connectivity index (χ4v) is 5.68. The summed E-state index contributed by atoms with van der Waals surface area (Å²) < 4.78 is 11.7. The topological polar surface area (TPSA) is 109 Å². The van der Waals surface area contributed by atoms with Crippen molar-refractivity contribution < 1.29 is 29.3 Å². The first-order valence-corrected chi connectivity index (χ1v) is 13.6. The number of thiazole rings is 1. The zero-order chi connectivity index (χ0) is 26.1. The first kappa shape index (κ1) is 28.3. The molecule has 9 heteroatoms. The third kappa shape index (κ3) is 6.72. The molecule has 7 nitrogen and oxygen atoms in total. The minimum atomic E-state index is -1.27. The average Bonchev–Trinajstić information content (AvgIpc) is 3.22. The second kappa shape index (κ2) is 11.0. The summed E-state index contributed by atoms with van der Waals surface area (Å²) in [5, 5.41) is 24.8. The van der Waals surface area contributed by atoms with E-state index in [2.05, 4.69) is 4.98 Å². The molecule has 1 aromatic heterocycles. The van der Waals surface area contributed by atoms with Gasteiger partial charge in [0.15, 0.2) is 0 Å². The molecule has 2 N–H and O–H groups in total. The molecule has 2 aliphatic rings. The van der Waals surface area contributed by atoms with Crippen LogP contribution in [0.25, 0.3) is 6.08 Å². The maximum atomic E-state index is 13.2. The number of fused-ring (bicyclic) bond motifs is 1. The van der Waals surface area contributed by atoms with Crippen molar-refractivity contribution in [1.29, 1.82) is 0 Å². The van der Waals surface area contributed by atoms with Crippen molar-refractivity contribution >= 4 is 40.8 Å². The van der Waals surface area contributed by atoms with Crippen LogP contribution in [0.3, 0.4) is 0 Å². The Morgan fingerprint density at radius 2 is 1.94 bits per heavy atom. The van der Waals surface area contributed by atoms with Crippen LogP contribution in [-0.2, 0) is 19.1 Å². The number of hydrogen-bond donors (Lipinski definition) is 2. The lowest BCUT2D eigenvalue weighted by molar-refractivity contribution is -0.154. The van der Waals surface area contributed by atoms with Crippen LogP contribution in [-0.4, -0.2) is 57.0 Å². The highest BCUT2D eigenvalue weighted by Gasteiger charge is 2.53. The summed E-state index contributed by atoms with van der Waals surface area (Å²) in [7, 11) is 0. The van der Waals surface area contributed by atoms with E-state index in [0.29, 0.717) is 17.1 Å². The van der Waals surface area contributed by atoms with Crippen molar-refractivity contribution in [3.63, 3.8) is 0 Å². The molecule has 3 rings (SSSR count). The first-order chi connectivity index (χ1) is 16.2. The fourth-order valence-electron chi connectivity index (χ4n) is 4.86. The molecule has 7 atom stereocenters. The van der Waals surface area contributed by atoms with E-state index < -0.39 is 35.6 Å². The second-order valence-corrected chi connectivity index (χ2v) is 12.4. The highest BCUT2D eigenvalue weighted by molar-refractivity contribution is 7.09. The number of carbonyl (C=O) groups is 2. The van der Waals surface area contributed by atoms with Gasteiger partial charge in [0.1, 0.15) is 11.9 Å². The van der Waals surface area contributed by atoms with Crippen molar-refractivity contribution in [2.45, 2.75) is 104 Å². The van der Waals surface area contributed by atoms with Crippen LogP contribution >= 0.6 is 22.9 Å². The number of aliphatic hydroxyl groups is 2. The van der Waals surface area contributed by atoms with Crippen LogP contribution in [0.1, 0.15) is 77.4 Å². The highest BCUT2D eigenvalue weighted by atomic mass is 35.5. The number of aliphatic hydroxyl groups excluding tert-OH is 2. The average molecular weight is 528 g/mol. The van der Waals surface area contributed by atoms with Gasteiger partial charge in [-0.2, -0.15) is 0 Å². The molecule has 35 heavy (non-hydrogen) atoms. The molecule has 0 spiro atoms. The summed E-state index contributed by atoms with van der Waals surface area (Å²) in [6.45, 7) is 10.7. The standard InChI is InChI=1S/C26H38ClNO6S/c1-14-8-7-9-26(6)21(34-26)11-19(18(27)10-17-13-35-16(3)28-17)33-22(30)12-20(29)25(4,5)24(32)15(2)23(14)31/h10,13-15,19-21,23,29,31H,7-9,11-12H2,1-6H3/b18-10-/t14-,15-,19+,20+,21-,23+,26-/m1/s1. The summed E-state index contributed by atoms with van der Waals surface area (Å²) in [5.41, 5.74) is -0.904. The van der Waals surface area contributed by atoms with Gasteiger partial charge in [0.25, 0.3) is 0 Å². The van der Waals surface area contributed by atoms with Crippen LogP contribution in [0.15, 0.2) is 10.4 Å². The molecule has 0 unspecified atom stereocenters. The number of ether oxygens (including phenoxy) is 2. The van der Waals surface area contributed by atoms with Crippen molar-refractivity contribution in [2.24, 2.45) is 17.3 Å². The smallest absolute Gasteiger partial charge is 0.309 e. The molecule has 0 amide bonds. The Balaban J connectivity index is 1.85. The van der Waals surface area contributed by atoms with E-state index >= 15 is 0 Å². The summed E-state index contributed by atoms with van der Waals surface area (Å²) in [4.78, 5) is 30.5. The molecular formula is C26H38ClNO6S. The lowest BCUT2D eigenvalue weighted by atomic mass is 9.73. The monoisotopic (exact) mass is 527 g/mol. The fraction of sp³-hybridized carbons (Fsp3) is 0.731. The Kier molecular flexibility index (Phi) is 8.86. The number of aryl methyl sites for hydroxylation is 1. The minimum Gasteiger partial charge on any atom is -0.456 e. The maximum absolute atomic E-state index is 13.2. The van der Waals surface area contributed by atoms with E-state index in [-0.39, 0.29) is 29.8 Å². The van der Waals surface area contributed by atoms with E-state index in [9.17, 15) is 19.8 Å². The van der Waals surface area contributed by atoms with E-state index in [1.807, 2.05) is 26.2 Å². The summed E-state index contributed by atoms with van der Waals surface area (Å²) in [6.07, 6.45) is 1.08. The third-order valence-electron chi connectivity index (χ3n) is 7.64. The molecule has 196 valence electrons. The number of hydrogen-bond acceptors (Lipinski definition) is 8. The van der Waals surface area contributed by atoms with Gasteiger partial charge in [-0.1, -0.05) is 45.7 Å². The molecule has 1 aromatic rings. The molecular weight excluding hydrogens is 490 g/mol. The van der Waals surface area contributed by atoms with Crippen LogP contribution in [0, 0.1) is 24.2 Å². The summed E-state index contributed by atoms with van der Waals surface area (Å²) in [5.74, 6) is -1.70. The van der Waals surface area contributed by atoms with Crippen LogP contribution < -0.4 is 0 Å². The molecule has 0 aromatic carbocycles. The molecule has 3 heterocycles. The molecule has 0 radical (unpaired) electrons. The van der Waals surface area contributed by atoms with E-state index in [0.717, 1.165) is 24.3 Å². The van der Waals surface area contributed by atoms with Gasteiger partial charge in [-0.3, -0.25) is 9.59 Å². The molecule has 2 saturated heterocycles. The van der Waals surface area contributed by atoms with Gasteiger partial charge in [-0.15, -0.1) is 11.3 Å². The number of cyclic esters (lactones) is 1. The molecule has 2 fully saturated rings. The van der Waals surface area contributed by atoms with E-state index in [1.54, 1.807) is 26.8 Å². The number of halogens is 1. The second-order valence-electron chi connectivity index (χ2n) is 10.9. The Morgan fingerprint density at radius 1 is 1.26 bits per heavy atom. The van der Waals surface area contributed by atoms with Gasteiger partial charge in [-0.25, -0.2) is 4.98 Å². The number of epoxide rings is 1. The van der Waals surface area contributed by atoms with Gasteiger partial charge in [-0.05, 0) is 38.7 Å². The van der Waals surface area contributed by atoms with Gasteiger partial charge in [0, 0.05) is 17.7 Å². The Bertz CT molecular complexity index is 961. The molecule has 0 aliphatic carbocycles. The maximum Gasteiger partial charge on any atom is 0.309 e. The minimum absolute atomic E-state index is 0.0905. The SMILES string of the molecule is Cc1nc(/C=C(\Cl)[C@@H]2C[C@H]3O[C@]3(C)CCC[C@@H](C)[C@H](O)[C@@H](C)C(=O)C(C)(C)[C@@H](O)CC(=O)O2)cs1. The van der Waals surface area contributed by atoms with Crippen LogP contribution in [0.2, 0.25) is 0 Å². The number of nitrogens with zero attached hydrogens (tertiary/aromatic N) is 1. The van der Waals surface area contributed by atoms with Gasteiger partial charge >= 0.3 is 5.97 Å². The number of Topliss-reactive ketones (excluding diaryl/α,β-unsaturated/α-hetero) is 1. The van der Waals surface area contributed by atoms with Crippen molar-refractivity contribution in [1.82, 2.24) is 4.98 Å². The van der Waals surface area contributed by atoms with Gasteiger partial charge in [0.05, 0.1) is 51.5 Å². The predicted molar refractivity (Wildman–Crippen MR) is 136 cm³/mol. The number of aromatic nitrogens is 1. The highest BCUT2D eigenvalue weighted by Crippen LogP contribution is 2.45. The summed E-state index contributed by atoms with van der Waals surface area (Å²) in [6, 6.07) is 0. The summed E-state index contributed by atoms with van der Waals surface area (Å²) >= 11 is 8.11. The molecule has 0 bridgehead atoms. The van der Waals surface area contributed by atoms with Gasteiger partial charge < -0.3 is 19.7 Å². The predicted octanol–water partition coefficient (Wildman–Crippen LogP) is 4.65. The normalized spacial score (nSPS) is 37.5. The lowest BCUT2D eigenvalue weighted by Gasteiger charge is -2.34. The zero-order valence-corrected chi connectivity index (χ0v) is 23.0. The largest absolute Gasteiger partial charge is 0.456 e. The Morgan fingerprint density at radius 3 is 2.57 bits per heavy atom. The molecule has 0 saturated carbocycles. The number of ketones is 1. The van der Waals surface area contributed by atoms with Crippen LogP contribution in [0.4, 0.5) is 0 Å². The number of rotatable bonds is 2. The quantitative estimate of drug-likeness (QED) is 0.425. The zero-order valence-electron chi connectivity index (χ0n) is 21.4. The number of esters is 1. The van der Waals surface area contributed by atoms with E-state index in [1.165, 1.54) is 11.3 Å². The number of carbonyl (C=O) groups excluding carboxylic acids is 2. The van der Waals surface area contributed by atoms with Gasteiger partial charge in [0.2, 0.25) is 0 Å². The van der Waals surface area contributed by atoms with Crippen molar-refractivity contribution in [3.05, 3.63) is 21.1 Å². The lowest BCUT2D eigenvalue weighted by Crippen LogP contribution is -2.45. The Hall–Kier alpha value is -1.32. The van der Waals surface area contributed by atoms with E-state index in [4.69, 9.17) is 21.1 Å². The van der Waals surface area contributed by atoms with Crippen molar-refractivity contribution in [3.8, 4) is 0 Å². The van der Waals surface area contributed by atoms with Crippen molar-refractivity contribution in [2.75, 3.05) is 0 Å².